The van der Waals surface area contributed by atoms with Crippen molar-refractivity contribution >= 4 is 0 Å². The lowest BCUT2D eigenvalue weighted by atomic mass is 9.87. The number of hydrogen-bond acceptors (Lipinski definition) is 6. The molecule has 0 amide bonds. The molecule has 310 valence electrons. The van der Waals surface area contributed by atoms with Crippen LogP contribution in [0.3, 0.4) is 0 Å². The highest BCUT2D eigenvalue weighted by Gasteiger charge is 2.18. The molecule has 11 rings (SSSR count). The lowest BCUT2D eigenvalue weighted by molar-refractivity contribution is 1.07. The zero-order chi connectivity index (χ0) is 44.1. The van der Waals surface area contributed by atoms with Crippen LogP contribution in [-0.4, -0.2) is 29.9 Å². The molecule has 2 aromatic heterocycles. The van der Waals surface area contributed by atoms with Crippen molar-refractivity contribution < 1.29 is 0 Å². The summed E-state index contributed by atoms with van der Waals surface area (Å²) in [6.07, 6.45) is 0. The van der Waals surface area contributed by atoms with Crippen molar-refractivity contribution in [3.63, 3.8) is 0 Å². The molecule has 6 nitrogen and oxygen atoms in total. The van der Waals surface area contributed by atoms with Crippen LogP contribution in [0, 0.1) is 0 Å². The average molecular weight is 845 g/mol. The molecular formula is C60H40N6. The van der Waals surface area contributed by atoms with E-state index in [1.807, 2.05) is 127 Å². The van der Waals surface area contributed by atoms with Crippen LogP contribution in [0.1, 0.15) is 0 Å². The third kappa shape index (κ3) is 8.30. The molecule has 0 atom stereocenters. The molecule has 0 unspecified atom stereocenters. The molecule has 66 heavy (non-hydrogen) atoms. The summed E-state index contributed by atoms with van der Waals surface area (Å²) < 4.78 is 0. The Kier molecular flexibility index (Phi) is 10.9. The Balaban J connectivity index is 1.01. The molecule has 0 saturated carbocycles. The van der Waals surface area contributed by atoms with Crippen LogP contribution in [0.5, 0.6) is 0 Å². The van der Waals surface area contributed by atoms with Gasteiger partial charge >= 0.3 is 0 Å². The van der Waals surface area contributed by atoms with Crippen LogP contribution < -0.4 is 0 Å². The van der Waals surface area contributed by atoms with Gasteiger partial charge in [-0.15, -0.1) is 0 Å². The first-order valence-electron chi connectivity index (χ1n) is 21.9. The van der Waals surface area contributed by atoms with Crippen LogP contribution >= 0.6 is 0 Å². The molecule has 0 fully saturated rings. The first-order valence-corrected chi connectivity index (χ1v) is 21.9. The number of benzene rings is 9. The molecule has 0 spiro atoms. The number of nitrogens with zero attached hydrogens (tertiary/aromatic N) is 6. The van der Waals surface area contributed by atoms with Crippen molar-refractivity contribution in [2.75, 3.05) is 0 Å². The van der Waals surface area contributed by atoms with Crippen molar-refractivity contribution in [2.45, 2.75) is 0 Å². The highest BCUT2D eigenvalue weighted by Crippen LogP contribution is 2.42. The Morgan fingerprint density at radius 1 is 0.152 bits per heavy atom. The third-order valence-electron chi connectivity index (χ3n) is 11.7. The van der Waals surface area contributed by atoms with E-state index < -0.39 is 0 Å². The molecule has 6 heteroatoms. The van der Waals surface area contributed by atoms with Crippen molar-refractivity contribution in [3.05, 3.63) is 243 Å². The van der Waals surface area contributed by atoms with Gasteiger partial charge in [0.05, 0.1) is 0 Å². The van der Waals surface area contributed by atoms with E-state index in [9.17, 15) is 0 Å². The average Bonchev–Trinajstić information content (AvgIpc) is 3.42. The van der Waals surface area contributed by atoms with Crippen molar-refractivity contribution in [1.82, 2.24) is 29.9 Å². The number of rotatable bonds is 10. The van der Waals surface area contributed by atoms with E-state index in [0.29, 0.717) is 34.9 Å². The van der Waals surface area contributed by atoms with Crippen LogP contribution in [-0.2, 0) is 0 Å². The summed E-state index contributed by atoms with van der Waals surface area (Å²) >= 11 is 0. The number of hydrogen-bond donors (Lipinski definition) is 0. The monoisotopic (exact) mass is 844 g/mol. The molecule has 0 N–H and O–H groups in total. The van der Waals surface area contributed by atoms with Gasteiger partial charge in [-0.2, -0.15) is 0 Å². The summed E-state index contributed by atoms with van der Waals surface area (Å²) in [6, 6.07) is 83.3. The first-order chi connectivity index (χ1) is 32.7. The predicted octanol–water partition coefficient (Wildman–Crippen LogP) is 14.7. The van der Waals surface area contributed by atoms with Gasteiger partial charge in [0.2, 0.25) is 0 Å². The highest BCUT2D eigenvalue weighted by atomic mass is 15.0. The Hall–Kier alpha value is -9.00. The Morgan fingerprint density at radius 2 is 0.364 bits per heavy atom. The second kappa shape index (κ2) is 18.0. The second-order valence-corrected chi connectivity index (χ2v) is 15.9. The van der Waals surface area contributed by atoms with E-state index >= 15 is 0 Å². The fraction of sp³-hybridized carbons (Fsp3) is 0. The van der Waals surface area contributed by atoms with Crippen LogP contribution in [0.2, 0.25) is 0 Å². The minimum absolute atomic E-state index is 0.610. The van der Waals surface area contributed by atoms with Gasteiger partial charge in [0, 0.05) is 33.4 Å². The zero-order valence-corrected chi connectivity index (χ0v) is 35.8. The highest BCUT2D eigenvalue weighted by molar-refractivity contribution is 5.95. The van der Waals surface area contributed by atoms with Crippen LogP contribution in [0.4, 0.5) is 0 Å². The van der Waals surface area contributed by atoms with E-state index in [1.54, 1.807) is 0 Å². The maximum absolute atomic E-state index is 5.01. The maximum atomic E-state index is 5.01. The molecule has 0 radical (unpaired) electrons. The van der Waals surface area contributed by atoms with Gasteiger partial charge in [-0.1, -0.05) is 243 Å². The predicted molar refractivity (Wildman–Crippen MR) is 268 cm³/mol. The van der Waals surface area contributed by atoms with Crippen LogP contribution in [0.15, 0.2) is 243 Å². The van der Waals surface area contributed by atoms with Gasteiger partial charge in [0.15, 0.2) is 34.9 Å². The smallest absolute Gasteiger partial charge is 0.164 e. The lowest BCUT2D eigenvalue weighted by Crippen LogP contribution is -2.00. The third-order valence-corrected chi connectivity index (χ3v) is 11.7. The molecule has 9 aromatic carbocycles. The molecule has 0 aliphatic carbocycles. The SMILES string of the molecule is c1ccc(-c2ccc(-c3cccc(-c4ccc(-c5nc(-c6ccccc6)nc(-c6ccccc6)n5)cc4)c3-c3ccc(-c4nc(-c5ccccc5)nc(-c5ccccc5)n4)cc3)cc2)cc1. The summed E-state index contributed by atoms with van der Waals surface area (Å²) in [5.74, 6) is 3.74. The van der Waals surface area contributed by atoms with E-state index in [1.165, 1.54) is 11.1 Å². The maximum Gasteiger partial charge on any atom is 0.164 e. The van der Waals surface area contributed by atoms with Crippen LogP contribution in [0.25, 0.3) is 113 Å². The van der Waals surface area contributed by atoms with Gasteiger partial charge in [0.1, 0.15) is 0 Å². The Labute approximate surface area is 383 Å². The standard InChI is InChI=1S/C60H40N6/c1-6-17-41(18-7-1)42-29-31-43(32-30-42)52-27-16-28-53(44-33-37-50(38-34-44)59-63-55(46-19-8-2-9-20-46)61-56(64-59)47-21-10-3-11-22-47)54(52)45-35-39-51(40-36-45)60-65-57(48-23-12-4-13-24-48)62-58(66-60)49-25-14-5-15-26-49/h1-40H. The van der Waals surface area contributed by atoms with Gasteiger partial charge in [-0.3, -0.25) is 0 Å². The van der Waals surface area contributed by atoms with E-state index in [-0.39, 0.29) is 0 Å². The van der Waals surface area contributed by atoms with E-state index in [0.717, 1.165) is 66.8 Å². The summed E-state index contributed by atoms with van der Waals surface area (Å²) in [5, 5.41) is 0. The van der Waals surface area contributed by atoms with Crippen molar-refractivity contribution in [2.24, 2.45) is 0 Å². The quantitative estimate of drug-likeness (QED) is 0.136. The summed E-state index contributed by atoms with van der Waals surface area (Å²) in [5.41, 5.74) is 14.5. The first kappa shape index (κ1) is 39.8. The molecule has 11 aromatic rings. The Morgan fingerprint density at radius 3 is 0.667 bits per heavy atom. The molecule has 2 heterocycles. The van der Waals surface area contributed by atoms with E-state index in [2.05, 4.69) is 115 Å². The molecule has 0 bridgehead atoms. The van der Waals surface area contributed by atoms with Gasteiger partial charge < -0.3 is 0 Å². The summed E-state index contributed by atoms with van der Waals surface area (Å²) in [4.78, 5) is 29.8. The minimum Gasteiger partial charge on any atom is -0.208 e. The summed E-state index contributed by atoms with van der Waals surface area (Å²) in [6.45, 7) is 0. The fourth-order valence-electron chi connectivity index (χ4n) is 8.28. The molecule has 0 aliphatic heterocycles. The van der Waals surface area contributed by atoms with Crippen molar-refractivity contribution in [1.29, 1.82) is 0 Å². The largest absolute Gasteiger partial charge is 0.208 e. The van der Waals surface area contributed by atoms with Gasteiger partial charge in [-0.25, -0.2) is 29.9 Å². The lowest BCUT2D eigenvalue weighted by Gasteiger charge is -2.17. The fourth-order valence-corrected chi connectivity index (χ4v) is 8.28. The summed E-state index contributed by atoms with van der Waals surface area (Å²) in [7, 11) is 0. The Bertz CT molecular complexity index is 3290. The normalized spacial score (nSPS) is 11.0. The van der Waals surface area contributed by atoms with Gasteiger partial charge in [0.25, 0.3) is 0 Å². The molecular weight excluding hydrogens is 805 g/mol. The second-order valence-electron chi connectivity index (χ2n) is 15.9. The number of aromatic nitrogens is 6. The van der Waals surface area contributed by atoms with Gasteiger partial charge in [-0.05, 0) is 44.5 Å². The topological polar surface area (TPSA) is 77.3 Å². The zero-order valence-electron chi connectivity index (χ0n) is 35.8. The molecule has 0 aliphatic rings. The van der Waals surface area contributed by atoms with E-state index in [4.69, 9.17) is 29.9 Å². The van der Waals surface area contributed by atoms with Crippen molar-refractivity contribution in [3.8, 4) is 113 Å². The minimum atomic E-state index is 0.610. The molecule has 0 saturated heterocycles.